The molecule has 1 unspecified atom stereocenters. The van der Waals surface area contributed by atoms with Crippen molar-refractivity contribution in [1.29, 1.82) is 5.26 Å². The molecule has 3 aromatic rings. The van der Waals surface area contributed by atoms with E-state index in [0.29, 0.717) is 22.7 Å². The Morgan fingerprint density at radius 1 is 1.26 bits per heavy atom. The SMILES string of the molecule is C=Nc1ccc(/N=N/C(C#N)C(=O)c2ccc(OC)cc2)cc1-n1c(C(=O)OCC)cnc1N. The molecular formula is C23H21N7O4. The number of hydrogen-bond acceptors (Lipinski definition) is 10. The minimum absolute atomic E-state index is 0.0200. The van der Waals surface area contributed by atoms with E-state index in [4.69, 9.17) is 15.2 Å². The molecule has 0 radical (unpaired) electrons. The highest BCUT2D eigenvalue weighted by Gasteiger charge is 2.21. The number of imidazole rings is 1. The Hall–Kier alpha value is -4.85. The number of methoxy groups -OCH3 is 1. The lowest BCUT2D eigenvalue weighted by atomic mass is 10.1. The summed E-state index contributed by atoms with van der Waals surface area (Å²) >= 11 is 0. The summed E-state index contributed by atoms with van der Waals surface area (Å²) < 4.78 is 11.5. The average Bonchev–Trinajstić information content (AvgIpc) is 3.25. The zero-order chi connectivity index (χ0) is 24.7. The second-order valence-corrected chi connectivity index (χ2v) is 6.73. The van der Waals surface area contributed by atoms with Gasteiger partial charge in [0.15, 0.2) is 5.69 Å². The van der Waals surface area contributed by atoms with E-state index >= 15 is 0 Å². The number of azo groups is 1. The summed E-state index contributed by atoms with van der Waals surface area (Å²) in [6.07, 6.45) is 1.29. The van der Waals surface area contributed by atoms with Gasteiger partial charge >= 0.3 is 5.97 Å². The molecule has 0 amide bonds. The topological polar surface area (TPSA) is 157 Å². The molecule has 172 valence electrons. The standard InChI is InChI=1S/C23H21N7O4/c1-4-34-22(32)20-13-27-23(25)30(20)19-11-15(7-10-17(19)26-2)28-29-18(12-24)21(31)14-5-8-16(33-3)9-6-14/h5-11,13,18H,2,4H2,1,3H3,(H2,25,27)/b29-28+. The molecule has 2 aromatic carbocycles. The van der Waals surface area contributed by atoms with Gasteiger partial charge in [-0.25, -0.2) is 9.78 Å². The molecule has 1 aromatic heterocycles. The number of nitrogen functional groups attached to an aromatic ring is 1. The molecule has 1 heterocycles. The van der Waals surface area contributed by atoms with Crippen LogP contribution in [0.25, 0.3) is 5.69 Å². The molecule has 0 saturated heterocycles. The van der Waals surface area contributed by atoms with Gasteiger partial charge in [0.25, 0.3) is 0 Å². The van der Waals surface area contributed by atoms with E-state index in [1.165, 1.54) is 23.9 Å². The quantitative estimate of drug-likeness (QED) is 0.220. The fourth-order valence-corrected chi connectivity index (χ4v) is 3.03. The van der Waals surface area contributed by atoms with Gasteiger partial charge in [0, 0.05) is 5.56 Å². The minimum atomic E-state index is -1.36. The molecule has 11 heteroatoms. The van der Waals surface area contributed by atoms with E-state index in [1.807, 2.05) is 6.07 Å². The van der Waals surface area contributed by atoms with E-state index in [1.54, 1.807) is 43.3 Å². The Labute approximate surface area is 195 Å². The number of hydrogen-bond donors (Lipinski definition) is 1. The van der Waals surface area contributed by atoms with Gasteiger partial charge in [0.1, 0.15) is 5.75 Å². The molecule has 2 N–H and O–H groups in total. The molecule has 0 bridgehead atoms. The summed E-state index contributed by atoms with van der Waals surface area (Å²) in [6, 6.07) is 11.5. The van der Waals surface area contributed by atoms with E-state index in [0.717, 1.165) is 0 Å². The normalized spacial score (nSPS) is 11.6. The molecule has 3 rings (SSSR count). The first kappa shape index (κ1) is 23.8. The number of carbonyl (C=O) groups is 2. The number of aromatic nitrogens is 2. The third-order valence-electron chi connectivity index (χ3n) is 4.68. The van der Waals surface area contributed by atoms with Gasteiger partial charge in [-0.1, -0.05) is 0 Å². The number of nitrogens with two attached hydrogens (primary N) is 1. The Balaban J connectivity index is 1.95. The van der Waals surface area contributed by atoms with E-state index < -0.39 is 17.8 Å². The van der Waals surface area contributed by atoms with Crippen LogP contribution in [0.2, 0.25) is 0 Å². The number of nitriles is 1. The number of nitrogens with zero attached hydrogens (tertiary/aromatic N) is 6. The molecule has 34 heavy (non-hydrogen) atoms. The van der Waals surface area contributed by atoms with Crippen LogP contribution in [0.3, 0.4) is 0 Å². The molecular weight excluding hydrogens is 438 g/mol. The van der Waals surface area contributed by atoms with Crippen LogP contribution in [0, 0.1) is 11.3 Å². The van der Waals surface area contributed by atoms with Crippen LogP contribution < -0.4 is 10.5 Å². The van der Waals surface area contributed by atoms with Crippen LogP contribution in [0.4, 0.5) is 17.3 Å². The van der Waals surface area contributed by atoms with Crippen LogP contribution in [-0.4, -0.2) is 47.8 Å². The van der Waals surface area contributed by atoms with E-state index in [9.17, 15) is 14.9 Å². The van der Waals surface area contributed by atoms with Gasteiger partial charge in [-0.2, -0.15) is 15.5 Å². The largest absolute Gasteiger partial charge is 0.497 e. The third kappa shape index (κ3) is 4.97. The zero-order valence-electron chi connectivity index (χ0n) is 18.5. The minimum Gasteiger partial charge on any atom is -0.497 e. The second-order valence-electron chi connectivity index (χ2n) is 6.73. The van der Waals surface area contributed by atoms with Crippen molar-refractivity contribution in [3.63, 3.8) is 0 Å². The summed E-state index contributed by atoms with van der Waals surface area (Å²) in [5.41, 5.74) is 7.38. The number of Topliss-reactive ketones (excluding diaryl/α,β-unsaturated/α-hetero) is 1. The monoisotopic (exact) mass is 459 g/mol. The maximum atomic E-state index is 12.7. The van der Waals surface area contributed by atoms with Gasteiger partial charge in [0.2, 0.25) is 17.8 Å². The molecule has 11 nitrogen and oxygen atoms in total. The van der Waals surface area contributed by atoms with Gasteiger partial charge in [-0.05, 0) is 56.1 Å². The predicted octanol–water partition coefficient (Wildman–Crippen LogP) is 3.83. The molecule has 1 atom stereocenters. The third-order valence-corrected chi connectivity index (χ3v) is 4.68. The Morgan fingerprint density at radius 2 is 2.00 bits per heavy atom. The van der Waals surface area contributed by atoms with Crippen molar-refractivity contribution in [3.8, 4) is 17.5 Å². The molecule has 0 aliphatic heterocycles. The van der Waals surface area contributed by atoms with Crippen LogP contribution in [0.5, 0.6) is 5.75 Å². The summed E-state index contributed by atoms with van der Waals surface area (Å²) in [6.45, 7) is 5.39. The summed E-state index contributed by atoms with van der Waals surface area (Å²) in [7, 11) is 1.51. The summed E-state index contributed by atoms with van der Waals surface area (Å²) in [5.74, 6) is -0.534. The summed E-state index contributed by atoms with van der Waals surface area (Å²) in [4.78, 5) is 32.9. The van der Waals surface area contributed by atoms with Gasteiger partial charge in [-0.15, -0.1) is 0 Å². The van der Waals surface area contributed by atoms with Crippen molar-refractivity contribution < 1.29 is 19.1 Å². The van der Waals surface area contributed by atoms with Crippen molar-refractivity contribution in [3.05, 3.63) is 59.9 Å². The van der Waals surface area contributed by atoms with Crippen LogP contribution in [0.15, 0.2) is 63.9 Å². The average molecular weight is 459 g/mol. The van der Waals surface area contributed by atoms with Crippen LogP contribution in [-0.2, 0) is 4.74 Å². The molecule has 0 aliphatic carbocycles. The lowest BCUT2D eigenvalue weighted by Gasteiger charge is -2.12. The highest BCUT2D eigenvalue weighted by molar-refractivity contribution is 6.02. The fourth-order valence-electron chi connectivity index (χ4n) is 3.03. The number of aliphatic imine (C=N–C) groups is 1. The first-order valence-electron chi connectivity index (χ1n) is 10.0. The number of esters is 1. The number of anilines is 1. The number of carbonyl (C=O) groups excluding carboxylic acids is 2. The Morgan fingerprint density at radius 3 is 2.62 bits per heavy atom. The molecule has 0 aliphatic rings. The lowest BCUT2D eigenvalue weighted by molar-refractivity contribution is 0.0517. The number of rotatable bonds is 9. The van der Waals surface area contributed by atoms with Crippen molar-refractivity contribution in [1.82, 2.24) is 9.55 Å². The maximum absolute atomic E-state index is 12.7. The highest BCUT2D eigenvalue weighted by Crippen LogP contribution is 2.31. The highest BCUT2D eigenvalue weighted by atomic mass is 16.5. The van der Waals surface area contributed by atoms with E-state index in [2.05, 4.69) is 26.9 Å². The van der Waals surface area contributed by atoms with Crippen molar-refractivity contribution >= 4 is 35.8 Å². The first-order valence-corrected chi connectivity index (χ1v) is 10.0. The lowest BCUT2D eigenvalue weighted by Crippen LogP contribution is -2.16. The van der Waals surface area contributed by atoms with E-state index in [-0.39, 0.29) is 23.9 Å². The smallest absolute Gasteiger partial charge is 0.357 e. The maximum Gasteiger partial charge on any atom is 0.357 e. The fraction of sp³-hybridized carbons (Fsp3) is 0.174. The second kappa shape index (κ2) is 10.6. The molecule has 0 fully saturated rings. The Kier molecular flexibility index (Phi) is 7.45. The number of ketones is 1. The van der Waals surface area contributed by atoms with Crippen LogP contribution >= 0.6 is 0 Å². The molecule has 0 saturated carbocycles. The van der Waals surface area contributed by atoms with Crippen molar-refractivity contribution in [2.75, 3.05) is 19.5 Å². The van der Waals surface area contributed by atoms with Gasteiger partial charge in [-0.3, -0.25) is 14.4 Å². The van der Waals surface area contributed by atoms with Gasteiger partial charge in [0.05, 0.1) is 43.0 Å². The number of ether oxygens (including phenoxy) is 2. The number of benzene rings is 2. The zero-order valence-corrected chi connectivity index (χ0v) is 18.5. The summed E-state index contributed by atoms with van der Waals surface area (Å²) in [5, 5.41) is 17.4. The van der Waals surface area contributed by atoms with Crippen molar-refractivity contribution in [2.24, 2.45) is 15.2 Å². The first-order chi connectivity index (χ1) is 16.4. The van der Waals surface area contributed by atoms with Crippen molar-refractivity contribution in [2.45, 2.75) is 13.0 Å². The predicted molar refractivity (Wildman–Crippen MR) is 124 cm³/mol. The van der Waals surface area contributed by atoms with Gasteiger partial charge < -0.3 is 15.2 Å². The Bertz CT molecular complexity index is 1290. The molecule has 0 spiro atoms. The van der Waals surface area contributed by atoms with Crippen LogP contribution in [0.1, 0.15) is 27.8 Å².